The molecule has 0 saturated carbocycles. The van der Waals surface area contributed by atoms with Gasteiger partial charge in [0.1, 0.15) is 5.56 Å². The van der Waals surface area contributed by atoms with Gasteiger partial charge in [-0.3, -0.25) is 4.79 Å². The second-order valence-corrected chi connectivity index (χ2v) is 4.50. The largest absolute Gasteiger partial charge is 0.504 e. The van der Waals surface area contributed by atoms with E-state index in [-0.39, 0.29) is 5.69 Å². The summed E-state index contributed by atoms with van der Waals surface area (Å²) in [7, 11) is 0. The van der Waals surface area contributed by atoms with E-state index in [4.69, 9.17) is 11.1 Å². The molecule has 2 aromatic carbocycles. The van der Waals surface area contributed by atoms with Crippen LogP contribution in [0.15, 0.2) is 28.4 Å². The van der Waals surface area contributed by atoms with Gasteiger partial charge in [-0.05, 0) is 11.1 Å². The lowest BCUT2D eigenvalue weighted by molar-refractivity contribution is 0.103. The zero-order valence-electron chi connectivity index (χ0n) is 12.1. The molecule has 0 spiro atoms. The Morgan fingerprint density at radius 3 is 1.88 bits per heavy atom. The molecule has 2 rings (SSSR count). The fraction of sp³-hybridized carbons (Fsp3) is 0. The summed E-state index contributed by atoms with van der Waals surface area (Å²) in [6, 6.07) is 3.64. The monoisotopic (exact) mass is 344 g/mol. The summed E-state index contributed by atoms with van der Waals surface area (Å²) in [5.41, 5.74) is 15.2. The number of phenols is 5. The van der Waals surface area contributed by atoms with Crippen molar-refractivity contribution < 1.29 is 30.3 Å². The Kier molecular flexibility index (Phi) is 4.42. The van der Waals surface area contributed by atoms with Crippen molar-refractivity contribution in [1.82, 2.24) is 0 Å². The number of nitrogens with zero attached hydrogens (tertiary/aromatic N) is 6. The lowest BCUT2D eigenvalue weighted by Crippen LogP contribution is -2.03. The van der Waals surface area contributed by atoms with Crippen LogP contribution in [0.1, 0.15) is 15.9 Å². The van der Waals surface area contributed by atoms with Crippen molar-refractivity contribution in [2.75, 3.05) is 0 Å². The standard InChI is InChI=1S/C13H8N6O6/c14-18-16-5-3-1-2-4(7(5)17-19-15)8(20)6-9(21)11(23)13(25)12(24)10(6)22/h1-3,21-25H. The molecule has 12 heteroatoms. The minimum Gasteiger partial charge on any atom is -0.504 e. The average Bonchev–Trinajstić information content (AvgIpc) is 2.60. The minimum atomic E-state index is -1.24. The highest BCUT2D eigenvalue weighted by Crippen LogP contribution is 2.51. The minimum absolute atomic E-state index is 0.211. The number of hydrogen-bond acceptors (Lipinski definition) is 8. The molecule has 0 amide bonds. The Morgan fingerprint density at radius 2 is 1.36 bits per heavy atom. The van der Waals surface area contributed by atoms with E-state index < -0.39 is 51.3 Å². The predicted molar refractivity (Wildman–Crippen MR) is 82.3 cm³/mol. The first kappa shape index (κ1) is 17.1. The highest BCUT2D eigenvalue weighted by molar-refractivity contribution is 6.17. The molecule has 0 bridgehead atoms. The van der Waals surface area contributed by atoms with Crippen molar-refractivity contribution in [2.45, 2.75) is 0 Å². The number of carbonyl (C=O) groups excluding carboxylic acids is 1. The van der Waals surface area contributed by atoms with E-state index >= 15 is 0 Å². The SMILES string of the molecule is [N-]=[N+]=Nc1cccc(C(=O)c2c(O)c(O)c(O)c(O)c2O)c1N=[N+]=[N-]. The molecule has 0 aliphatic carbocycles. The zero-order valence-corrected chi connectivity index (χ0v) is 12.1. The smallest absolute Gasteiger partial charge is 0.208 e. The van der Waals surface area contributed by atoms with Crippen LogP contribution in [0.4, 0.5) is 11.4 Å². The summed E-state index contributed by atoms with van der Waals surface area (Å²) in [5, 5.41) is 54.5. The highest BCUT2D eigenvalue weighted by atomic mass is 16.4. The summed E-state index contributed by atoms with van der Waals surface area (Å²) < 4.78 is 0. The molecule has 25 heavy (non-hydrogen) atoms. The first-order valence-electron chi connectivity index (χ1n) is 6.31. The van der Waals surface area contributed by atoms with E-state index in [2.05, 4.69) is 20.1 Å². The van der Waals surface area contributed by atoms with Gasteiger partial charge in [0.05, 0.1) is 5.69 Å². The first-order chi connectivity index (χ1) is 11.8. The van der Waals surface area contributed by atoms with Crippen molar-refractivity contribution >= 4 is 17.2 Å². The molecule has 0 fully saturated rings. The molecular weight excluding hydrogens is 336 g/mol. The molecule has 0 heterocycles. The van der Waals surface area contributed by atoms with Crippen LogP contribution in [-0.2, 0) is 0 Å². The molecule has 0 radical (unpaired) electrons. The third kappa shape index (κ3) is 2.72. The van der Waals surface area contributed by atoms with E-state index in [1.54, 1.807) is 0 Å². The number of rotatable bonds is 4. The van der Waals surface area contributed by atoms with Gasteiger partial charge in [0.15, 0.2) is 11.5 Å². The number of phenolic OH excluding ortho intramolecular Hbond substituents is 5. The molecule has 0 atom stereocenters. The molecule has 5 N–H and O–H groups in total. The lowest BCUT2D eigenvalue weighted by atomic mass is 9.98. The first-order valence-corrected chi connectivity index (χ1v) is 6.31. The third-order valence-corrected chi connectivity index (χ3v) is 3.15. The van der Waals surface area contributed by atoms with Crippen LogP contribution in [0.5, 0.6) is 28.7 Å². The van der Waals surface area contributed by atoms with E-state index in [0.29, 0.717) is 0 Å². The summed E-state index contributed by atoms with van der Waals surface area (Å²) in [6.45, 7) is 0. The zero-order chi connectivity index (χ0) is 18.7. The van der Waals surface area contributed by atoms with Crippen LogP contribution >= 0.6 is 0 Å². The van der Waals surface area contributed by atoms with Crippen LogP contribution in [0.2, 0.25) is 0 Å². The van der Waals surface area contributed by atoms with Gasteiger partial charge in [0.25, 0.3) is 0 Å². The van der Waals surface area contributed by atoms with Crippen LogP contribution in [0, 0.1) is 0 Å². The van der Waals surface area contributed by atoms with Crippen molar-refractivity contribution in [3.05, 3.63) is 50.2 Å². The van der Waals surface area contributed by atoms with Gasteiger partial charge in [0, 0.05) is 21.1 Å². The molecular formula is C13H8N6O6. The van der Waals surface area contributed by atoms with Crippen molar-refractivity contribution in [1.29, 1.82) is 0 Å². The van der Waals surface area contributed by atoms with Crippen LogP contribution in [0.25, 0.3) is 20.9 Å². The van der Waals surface area contributed by atoms with Crippen LogP contribution in [-0.4, -0.2) is 31.3 Å². The topological polar surface area (TPSA) is 216 Å². The Bertz CT molecular complexity index is 962. The highest BCUT2D eigenvalue weighted by Gasteiger charge is 2.29. The predicted octanol–water partition coefficient (Wildman–Crippen LogP) is 3.33. The van der Waals surface area contributed by atoms with Gasteiger partial charge in [-0.15, -0.1) is 0 Å². The van der Waals surface area contributed by atoms with Crippen molar-refractivity contribution in [3.63, 3.8) is 0 Å². The lowest BCUT2D eigenvalue weighted by Gasteiger charge is -2.13. The van der Waals surface area contributed by atoms with E-state index in [1.165, 1.54) is 12.1 Å². The van der Waals surface area contributed by atoms with Gasteiger partial charge in [-0.25, -0.2) is 0 Å². The fourth-order valence-corrected chi connectivity index (χ4v) is 2.03. The summed E-state index contributed by atoms with van der Waals surface area (Å²) in [6.07, 6.45) is 0. The number of ketones is 1. The van der Waals surface area contributed by atoms with Gasteiger partial charge >= 0.3 is 0 Å². The number of hydrogen-bond donors (Lipinski definition) is 5. The number of carbonyl (C=O) groups is 1. The van der Waals surface area contributed by atoms with E-state index in [9.17, 15) is 30.3 Å². The van der Waals surface area contributed by atoms with Gasteiger partial charge in [-0.1, -0.05) is 28.4 Å². The molecule has 0 aromatic heterocycles. The number of azide groups is 2. The average molecular weight is 344 g/mol. The maximum Gasteiger partial charge on any atom is 0.208 e. The van der Waals surface area contributed by atoms with Crippen LogP contribution in [0.3, 0.4) is 0 Å². The van der Waals surface area contributed by atoms with Crippen molar-refractivity contribution in [3.8, 4) is 28.7 Å². The van der Waals surface area contributed by atoms with E-state index in [0.717, 1.165) is 6.07 Å². The molecule has 0 saturated heterocycles. The maximum absolute atomic E-state index is 12.6. The van der Waals surface area contributed by atoms with Crippen LogP contribution < -0.4 is 0 Å². The Hall–Kier alpha value is -4.27. The molecule has 2 aromatic rings. The Morgan fingerprint density at radius 1 is 0.840 bits per heavy atom. The Labute approximate surface area is 137 Å². The summed E-state index contributed by atoms with van der Waals surface area (Å²) >= 11 is 0. The number of aromatic hydroxyl groups is 5. The van der Waals surface area contributed by atoms with Gasteiger partial charge in [-0.2, -0.15) is 0 Å². The van der Waals surface area contributed by atoms with Crippen molar-refractivity contribution in [2.24, 2.45) is 10.2 Å². The Balaban J connectivity index is 2.82. The molecule has 0 aliphatic rings. The quantitative estimate of drug-likeness (QED) is 0.140. The maximum atomic E-state index is 12.6. The third-order valence-electron chi connectivity index (χ3n) is 3.15. The molecule has 0 unspecified atom stereocenters. The fourth-order valence-electron chi connectivity index (χ4n) is 2.03. The van der Waals surface area contributed by atoms with E-state index in [1.807, 2.05) is 0 Å². The normalized spacial score (nSPS) is 9.76. The second kappa shape index (κ2) is 6.46. The van der Waals surface area contributed by atoms with Gasteiger partial charge < -0.3 is 25.5 Å². The number of benzene rings is 2. The molecule has 12 nitrogen and oxygen atoms in total. The summed E-state index contributed by atoms with van der Waals surface area (Å²) in [5.74, 6) is -7.31. The molecule has 126 valence electrons. The second-order valence-electron chi connectivity index (χ2n) is 4.50. The van der Waals surface area contributed by atoms with Gasteiger partial charge in [0.2, 0.25) is 23.0 Å². The molecule has 0 aliphatic heterocycles. The summed E-state index contributed by atoms with van der Waals surface area (Å²) in [4.78, 5) is 17.6.